The van der Waals surface area contributed by atoms with Gasteiger partial charge in [-0.25, -0.2) is 4.98 Å². The number of amides is 1. The summed E-state index contributed by atoms with van der Waals surface area (Å²) in [7, 11) is 3.42. The van der Waals surface area contributed by atoms with E-state index in [2.05, 4.69) is 20.3 Å². The second-order valence-corrected chi connectivity index (χ2v) is 3.41. The van der Waals surface area contributed by atoms with Crippen LogP contribution in [0.4, 0.5) is 5.82 Å². The van der Waals surface area contributed by atoms with Gasteiger partial charge in [0.25, 0.3) is 5.91 Å². The lowest BCUT2D eigenvalue weighted by atomic mass is 10.4. The zero-order valence-electron chi connectivity index (χ0n) is 8.81. The van der Waals surface area contributed by atoms with Crippen molar-refractivity contribution in [2.45, 2.75) is 0 Å². The molecule has 3 N–H and O–H groups in total. The van der Waals surface area contributed by atoms with E-state index in [0.29, 0.717) is 0 Å². The zero-order valence-corrected chi connectivity index (χ0v) is 10.3. The Morgan fingerprint density at radius 3 is 2.62 bits per heavy atom. The first-order chi connectivity index (χ1) is 7.52. The summed E-state index contributed by atoms with van der Waals surface area (Å²) in [4.78, 5) is 17.1. The Morgan fingerprint density at radius 2 is 2.19 bits per heavy atom. The zero-order chi connectivity index (χ0) is 12.6. The summed E-state index contributed by atoms with van der Waals surface area (Å²) in [5, 5.41) is 9.05. The molecule has 0 atom stereocenters. The van der Waals surface area contributed by atoms with Crippen LogP contribution in [0.25, 0.3) is 0 Å². The molecule has 0 unspecified atom stereocenters. The van der Waals surface area contributed by atoms with Crippen LogP contribution >= 0.6 is 23.2 Å². The fraction of sp³-hybridized carbons (Fsp3) is 0.429. The lowest BCUT2D eigenvalue weighted by molar-refractivity contribution is 0.0996. The van der Waals surface area contributed by atoms with Crippen molar-refractivity contribution < 1.29 is 4.79 Å². The van der Waals surface area contributed by atoms with Crippen molar-refractivity contribution in [2.75, 3.05) is 19.4 Å². The van der Waals surface area contributed by atoms with Gasteiger partial charge in [-0.15, -0.1) is 28.3 Å². The SMILES string of the molecule is CN(C)N=Nc1nc[nH]c1C(N)=O.ClCCl. The summed E-state index contributed by atoms with van der Waals surface area (Å²) in [5.74, 6) is -0.411. The van der Waals surface area contributed by atoms with Gasteiger partial charge < -0.3 is 10.7 Å². The van der Waals surface area contributed by atoms with Gasteiger partial charge >= 0.3 is 0 Å². The van der Waals surface area contributed by atoms with Crippen LogP contribution in [-0.4, -0.2) is 40.3 Å². The van der Waals surface area contributed by atoms with E-state index < -0.39 is 5.91 Å². The van der Waals surface area contributed by atoms with Crippen LogP contribution in [0.15, 0.2) is 16.7 Å². The first-order valence-electron chi connectivity index (χ1n) is 4.07. The average molecular weight is 267 g/mol. The minimum absolute atomic E-state index is 0.158. The largest absolute Gasteiger partial charge is 0.364 e. The molecule has 1 rings (SSSR count). The quantitative estimate of drug-likeness (QED) is 0.493. The van der Waals surface area contributed by atoms with Crippen molar-refractivity contribution in [3.8, 4) is 0 Å². The molecule has 0 saturated heterocycles. The number of nitrogens with zero attached hydrogens (tertiary/aromatic N) is 4. The molecule has 1 heterocycles. The number of carbonyl (C=O) groups excluding carboxylic acids is 1. The second-order valence-electron chi connectivity index (χ2n) is 2.60. The number of halogens is 2. The molecule has 1 aromatic rings. The number of aromatic amines is 1. The lowest BCUT2D eigenvalue weighted by Crippen LogP contribution is -2.11. The first kappa shape index (κ1) is 14.7. The number of aromatic nitrogens is 2. The fourth-order valence-corrected chi connectivity index (χ4v) is 0.676. The number of primary amides is 1. The van der Waals surface area contributed by atoms with Gasteiger partial charge in [0.2, 0.25) is 5.82 Å². The molecular formula is C7H12Cl2N6O. The molecule has 0 aliphatic carbocycles. The third-order valence-electron chi connectivity index (χ3n) is 1.18. The highest BCUT2D eigenvalue weighted by molar-refractivity contribution is 6.40. The maximum Gasteiger partial charge on any atom is 0.269 e. The predicted molar refractivity (Wildman–Crippen MR) is 61.9 cm³/mol. The van der Waals surface area contributed by atoms with Crippen LogP contribution in [-0.2, 0) is 0 Å². The van der Waals surface area contributed by atoms with E-state index in [1.807, 2.05) is 0 Å². The number of nitrogens with two attached hydrogens (primary N) is 1. The van der Waals surface area contributed by atoms with Gasteiger partial charge in [0.1, 0.15) is 0 Å². The van der Waals surface area contributed by atoms with Crippen molar-refractivity contribution in [2.24, 2.45) is 16.1 Å². The minimum atomic E-state index is -0.606. The molecule has 1 amide bonds. The lowest BCUT2D eigenvalue weighted by Gasteiger charge is -1.98. The van der Waals surface area contributed by atoms with Crippen molar-refractivity contribution in [3.05, 3.63) is 12.0 Å². The van der Waals surface area contributed by atoms with E-state index >= 15 is 0 Å². The van der Waals surface area contributed by atoms with E-state index in [1.165, 1.54) is 11.3 Å². The molecule has 0 aromatic carbocycles. The van der Waals surface area contributed by atoms with Gasteiger partial charge in [-0.05, 0) is 0 Å². The molecule has 0 aliphatic rings. The number of hydrogen-bond donors (Lipinski definition) is 2. The summed E-state index contributed by atoms with van der Waals surface area (Å²) in [5.41, 5.74) is 5.20. The number of hydrogen-bond acceptors (Lipinski definition) is 4. The summed E-state index contributed by atoms with van der Waals surface area (Å²) in [6.07, 6.45) is 1.34. The first-order valence-corrected chi connectivity index (χ1v) is 5.13. The molecule has 0 aliphatic heterocycles. The highest BCUT2D eigenvalue weighted by Gasteiger charge is 2.09. The van der Waals surface area contributed by atoms with Crippen LogP contribution in [0.3, 0.4) is 0 Å². The summed E-state index contributed by atoms with van der Waals surface area (Å²) >= 11 is 9.53. The van der Waals surface area contributed by atoms with E-state index in [1.54, 1.807) is 14.1 Å². The van der Waals surface area contributed by atoms with Gasteiger partial charge in [0.15, 0.2) is 5.69 Å². The van der Waals surface area contributed by atoms with Crippen molar-refractivity contribution in [1.29, 1.82) is 0 Å². The molecule has 0 fully saturated rings. The molecule has 9 heteroatoms. The monoisotopic (exact) mass is 266 g/mol. The summed E-state index contributed by atoms with van der Waals surface area (Å²) in [6, 6.07) is 0. The second kappa shape index (κ2) is 7.89. The topological polar surface area (TPSA) is 99.7 Å². The minimum Gasteiger partial charge on any atom is -0.364 e. The van der Waals surface area contributed by atoms with Gasteiger partial charge in [-0.1, -0.05) is 5.22 Å². The van der Waals surface area contributed by atoms with Crippen LogP contribution in [0, 0.1) is 0 Å². The number of H-pyrrole nitrogens is 1. The highest BCUT2D eigenvalue weighted by Crippen LogP contribution is 2.12. The fourth-order valence-electron chi connectivity index (χ4n) is 0.676. The molecule has 1 aromatic heterocycles. The summed E-state index contributed by atoms with van der Waals surface area (Å²) in [6.45, 7) is 0. The number of imidazole rings is 1. The molecule has 90 valence electrons. The Hall–Kier alpha value is -1.34. The molecule has 0 saturated carbocycles. The van der Waals surface area contributed by atoms with E-state index in [9.17, 15) is 4.79 Å². The summed E-state index contributed by atoms with van der Waals surface area (Å²) < 4.78 is 0. The Kier molecular flexibility index (Phi) is 7.23. The maximum atomic E-state index is 10.8. The van der Waals surface area contributed by atoms with Crippen molar-refractivity contribution in [3.63, 3.8) is 0 Å². The average Bonchev–Trinajstić information content (AvgIpc) is 2.63. The third-order valence-corrected chi connectivity index (χ3v) is 1.18. The Morgan fingerprint density at radius 1 is 1.62 bits per heavy atom. The smallest absolute Gasteiger partial charge is 0.269 e. The van der Waals surface area contributed by atoms with E-state index in [0.717, 1.165) is 0 Å². The third kappa shape index (κ3) is 5.52. The van der Waals surface area contributed by atoms with Gasteiger partial charge in [-0.2, -0.15) is 0 Å². The number of carbonyl (C=O) groups is 1. The Labute approximate surface area is 103 Å². The Bertz CT molecular complexity index is 350. The molecule has 0 spiro atoms. The number of nitrogens with one attached hydrogen (secondary N) is 1. The van der Waals surface area contributed by atoms with Crippen LogP contribution in [0.2, 0.25) is 0 Å². The Balaban J connectivity index is 0.000000673. The maximum absolute atomic E-state index is 10.8. The molecule has 0 radical (unpaired) electrons. The van der Waals surface area contributed by atoms with Crippen LogP contribution < -0.4 is 5.73 Å². The predicted octanol–water partition coefficient (Wildman–Crippen LogP) is 1.49. The van der Waals surface area contributed by atoms with Crippen molar-refractivity contribution in [1.82, 2.24) is 15.0 Å². The number of rotatable bonds is 3. The van der Waals surface area contributed by atoms with Crippen LogP contribution in [0.1, 0.15) is 10.5 Å². The molecule has 7 nitrogen and oxygen atoms in total. The highest BCUT2D eigenvalue weighted by atomic mass is 35.5. The molecular weight excluding hydrogens is 255 g/mol. The van der Waals surface area contributed by atoms with Gasteiger partial charge in [0.05, 0.1) is 11.7 Å². The van der Waals surface area contributed by atoms with Gasteiger partial charge in [-0.3, -0.25) is 9.80 Å². The molecule has 16 heavy (non-hydrogen) atoms. The van der Waals surface area contributed by atoms with Crippen molar-refractivity contribution >= 4 is 34.9 Å². The normalized spacial score (nSPS) is 9.75. The van der Waals surface area contributed by atoms with E-state index in [4.69, 9.17) is 28.9 Å². The standard InChI is InChI=1S/C6H10N6O.CH2Cl2/c1-12(2)11-10-6-4(5(7)13)8-3-9-6;2-1-3/h3H,1-2H3,(H2,7,13)(H,8,9);1H2. The van der Waals surface area contributed by atoms with Gasteiger partial charge in [0, 0.05) is 14.1 Å². The molecule has 0 bridgehead atoms. The number of alkyl halides is 2. The van der Waals surface area contributed by atoms with E-state index in [-0.39, 0.29) is 16.9 Å². The van der Waals surface area contributed by atoms with Crippen LogP contribution in [0.5, 0.6) is 0 Å².